The van der Waals surface area contributed by atoms with Crippen LogP contribution in [0, 0.1) is 17.8 Å². The second kappa shape index (κ2) is 68.4. The number of carbonyl (C=O) groups is 2. The summed E-state index contributed by atoms with van der Waals surface area (Å²) in [4.78, 5) is 33.8. The van der Waals surface area contributed by atoms with E-state index in [1.807, 2.05) is 61.2 Å². The van der Waals surface area contributed by atoms with E-state index in [-0.39, 0.29) is 30.0 Å². The van der Waals surface area contributed by atoms with Crippen molar-refractivity contribution in [3.8, 4) is 17.2 Å². The molecule has 0 saturated carbocycles. The zero-order valence-corrected chi connectivity index (χ0v) is 78.5. The van der Waals surface area contributed by atoms with Crippen LogP contribution in [0.2, 0.25) is 0 Å². The molecule has 2 aromatic rings. The van der Waals surface area contributed by atoms with Gasteiger partial charge in [0, 0.05) is 83.7 Å². The summed E-state index contributed by atoms with van der Waals surface area (Å²) in [6, 6.07) is 17.1. The molecule has 9 fully saturated rings. The number of benzene rings is 2. The first-order valence-corrected chi connectivity index (χ1v) is 47.1. The molecule has 22 nitrogen and oxygen atoms in total. The van der Waals surface area contributed by atoms with Crippen molar-refractivity contribution in [2.24, 2.45) is 17.8 Å². The van der Waals surface area contributed by atoms with Gasteiger partial charge in [0.1, 0.15) is 18.5 Å². The van der Waals surface area contributed by atoms with Crippen molar-refractivity contribution in [1.82, 2.24) is 24.5 Å². The fourth-order valence-corrected chi connectivity index (χ4v) is 15.0. The van der Waals surface area contributed by atoms with Crippen molar-refractivity contribution >= 4 is 12.2 Å². The molecule has 119 heavy (non-hydrogen) atoms. The van der Waals surface area contributed by atoms with Crippen LogP contribution in [0.4, 0.5) is 9.59 Å². The van der Waals surface area contributed by atoms with E-state index < -0.39 is 0 Å². The summed E-state index contributed by atoms with van der Waals surface area (Å²) in [5.41, 5.74) is 1.10. The van der Waals surface area contributed by atoms with Gasteiger partial charge in [-0.1, -0.05) is 183 Å². The van der Waals surface area contributed by atoms with Gasteiger partial charge in [-0.15, -0.1) is 0 Å². The smallest absolute Gasteiger partial charge is 0.415 e. The van der Waals surface area contributed by atoms with E-state index in [4.69, 9.17) is 71.1 Å². The molecule has 10 aliphatic heterocycles. The summed E-state index contributed by atoms with van der Waals surface area (Å²) in [5, 5.41) is 0. The van der Waals surface area contributed by atoms with Crippen LogP contribution >= 0.6 is 0 Å². The minimum Gasteiger partial charge on any atom is -0.486 e. The van der Waals surface area contributed by atoms with E-state index in [1.54, 1.807) is 24.1 Å². The number of nitrogens with zero attached hydrogens (tertiary/aromatic N) is 5. The minimum absolute atomic E-state index is 0.00796. The average molecular weight is 1680 g/mol. The first-order valence-electron chi connectivity index (χ1n) is 47.1. The van der Waals surface area contributed by atoms with Gasteiger partial charge in [0.2, 0.25) is 0 Å². The lowest BCUT2D eigenvalue weighted by Crippen LogP contribution is -2.42. The normalized spacial score (nSPS) is 23.3. The molecule has 2 aromatic carbocycles. The quantitative estimate of drug-likeness (QED) is 0.0954. The molecule has 10 heterocycles. The lowest BCUT2D eigenvalue weighted by atomic mass is 9.95. The molecule has 0 aliphatic carbocycles. The number of morpholine rings is 3. The number of ether oxygens (including phenoxy) is 15. The Labute approximate surface area is 725 Å². The molecule has 690 valence electrons. The number of methoxy groups -OCH3 is 1. The molecule has 0 radical (unpaired) electrons. The van der Waals surface area contributed by atoms with Gasteiger partial charge < -0.3 is 95.6 Å². The van der Waals surface area contributed by atoms with Crippen LogP contribution in [0.15, 0.2) is 79.3 Å². The molecule has 12 rings (SSSR count). The maximum absolute atomic E-state index is 11.9. The maximum atomic E-state index is 11.9. The standard InChI is InChI=1S/C14H19NO2.C11H21NO2.C11H14O2.C10H19NO2.C10H19NO.C9H18O2.C9H18O.C8H17NO.C8H16O2.C7H14O2/c1-2-12-8-10-15(11-9-12)14(16)17-13-6-4-3-5-7-13;1-4-10-5-7-12(8-6-10)11(13)14-9(2)3;1-2-5-9-8-12-10-6-3-4-7-11(10)13-9;1-4-5-10-8-11(6-7-13-10)9(2)12-3;1-4-5-10-8-11(9(2)3)6-7-12-10;1-4-5-8-6-11-9(2,3)7-10-8;1-2-6-9-7-4-3-5-8-10-9;1-3-4-8-7-9(2)5-6-10-8;1-2-3-8-6-9-4-5-10-7-8;1-2-3-7-6-8-4-5-9-7/h3-7,12H,2,8-11H2,1H3;9-10H,4-8H2,1-3H3;3-4,6-7,9H,2,5,8H2,1H3;10H,2,4-8H2,1,3H3;10H,2,4-8H2,1,3H3;8H,4-7H2,1-3H3;9H,2-8H2,1H3;8H,3-7H2,1-2H3;8H,2-7H2,1H3;7H,2-6H2,1H3. The Morgan fingerprint density at radius 3 is 1.41 bits per heavy atom. The molecule has 7 unspecified atom stereocenters. The maximum Gasteiger partial charge on any atom is 0.415 e. The number of para-hydroxylation sites is 3. The average Bonchev–Trinajstić information content (AvgIpc) is 0.958. The van der Waals surface area contributed by atoms with Crippen LogP contribution in [-0.2, 0) is 56.8 Å². The van der Waals surface area contributed by atoms with Gasteiger partial charge in [0.05, 0.1) is 135 Å². The van der Waals surface area contributed by atoms with Gasteiger partial charge in [-0.05, 0) is 174 Å². The van der Waals surface area contributed by atoms with Gasteiger partial charge in [-0.3, -0.25) is 0 Å². The predicted octanol–water partition coefficient (Wildman–Crippen LogP) is 20.7. The Morgan fingerprint density at radius 1 is 0.445 bits per heavy atom. The number of allylic oxidation sites excluding steroid dienone is 1. The van der Waals surface area contributed by atoms with Gasteiger partial charge in [0.25, 0.3) is 0 Å². The molecule has 0 aromatic heterocycles. The molecule has 0 N–H and O–H groups in total. The van der Waals surface area contributed by atoms with Crippen LogP contribution in [0.1, 0.15) is 271 Å². The van der Waals surface area contributed by atoms with Gasteiger partial charge in [0.15, 0.2) is 17.4 Å². The van der Waals surface area contributed by atoms with Crippen molar-refractivity contribution in [3.63, 3.8) is 0 Å². The Balaban J connectivity index is 0.000000344. The van der Waals surface area contributed by atoms with Crippen LogP contribution in [0.3, 0.4) is 0 Å². The second-order valence-corrected chi connectivity index (χ2v) is 34.0. The monoisotopic (exact) mass is 1680 g/mol. The highest BCUT2D eigenvalue weighted by atomic mass is 16.6. The van der Waals surface area contributed by atoms with Crippen molar-refractivity contribution < 1.29 is 80.6 Å². The number of amides is 2. The van der Waals surface area contributed by atoms with Crippen LogP contribution in [0.5, 0.6) is 17.2 Å². The summed E-state index contributed by atoms with van der Waals surface area (Å²) in [6.45, 7) is 60.6. The summed E-state index contributed by atoms with van der Waals surface area (Å²) < 4.78 is 81.8. The predicted molar refractivity (Wildman–Crippen MR) is 483 cm³/mol. The molecular formula is C97H175N5O17. The lowest BCUT2D eigenvalue weighted by molar-refractivity contribution is -0.175. The first kappa shape index (κ1) is 108. The third-order valence-corrected chi connectivity index (χ3v) is 22.3. The second-order valence-electron chi connectivity index (χ2n) is 34.0. The topological polar surface area (TPSA) is 189 Å². The molecular weight excluding hydrogens is 1510 g/mol. The minimum atomic E-state index is -0.217. The number of likely N-dealkylation sites (N-methyl/N-ethyl adjacent to an activating group) is 1. The first-order chi connectivity index (χ1) is 57.6. The Kier molecular flexibility index (Phi) is 62.2. The molecule has 10 aliphatic rings. The molecule has 2 amide bonds. The van der Waals surface area contributed by atoms with Crippen LogP contribution in [0.25, 0.3) is 0 Å². The molecule has 0 spiro atoms. The summed E-state index contributed by atoms with van der Waals surface area (Å²) >= 11 is 0. The number of likely N-dealkylation sites (tertiary alicyclic amines) is 2. The summed E-state index contributed by atoms with van der Waals surface area (Å²) in [5.74, 6) is 5.35. The Hall–Kier alpha value is -4.98. The van der Waals surface area contributed by atoms with Crippen molar-refractivity contribution in [2.75, 3.05) is 172 Å². The fraction of sp³-hybridized carbons (Fsp3) is 0.814. The molecule has 22 heteroatoms. The largest absolute Gasteiger partial charge is 0.486 e. The number of hydrogen-bond acceptors (Lipinski definition) is 20. The van der Waals surface area contributed by atoms with Gasteiger partial charge in [-0.25, -0.2) is 9.59 Å². The van der Waals surface area contributed by atoms with Gasteiger partial charge in [-0.2, -0.15) is 0 Å². The molecule has 9 saturated heterocycles. The number of rotatable bonds is 23. The number of fused-ring (bicyclic) bond motifs is 1. The molecule has 0 bridgehead atoms. The van der Waals surface area contributed by atoms with Crippen LogP contribution < -0.4 is 14.2 Å². The van der Waals surface area contributed by atoms with Crippen LogP contribution in [-0.4, -0.2) is 263 Å². The summed E-state index contributed by atoms with van der Waals surface area (Å²) in [6.07, 6.45) is 33.6. The number of piperidine rings is 2. The van der Waals surface area contributed by atoms with Crippen molar-refractivity contribution in [3.05, 3.63) is 79.3 Å². The van der Waals surface area contributed by atoms with E-state index in [2.05, 4.69) is 125 Å². The van der Waals surface area contributed by atoms with E-state index >= 15 is 0 Å². The molecule has 7 atom stereocenters. The van der Waals surface area contributed by atoms with E-state index in [0.29, 0.717) is 54.9 Å². The summed E-state index contributed by atoms with van der Waals surface area (Å²) in [7, 11) is 3.82. The fourth-order valence-electron chi connectivity index (χ4n) is 15.0. The third kappa shape index (κ3) is 51.2. The zero-order chi connectivity index (χ0) is 87.1. The number of hydrogen-bond donors (Lipinski definition) is 0. The van der Waals surface area contributed by atoms with Crippen molar-refractivity contribution in [1.29, 1.82) is 0 Å². The highest BCUT2D eigenvalue weighted by molar-refractivity contribution is 5.70. The number of carbonyl (C=O) groups excluding carboxylic acids is 2. The highest BCUT2D eigenvalue weighted by Gasteiger charge is 2.30. The third-order valence-electron chi connectivity index (χ3n) is 22.3. The highest BCUT2D eigenvalue weighted by Crippen LogP contribution is 2.32. The lowest BCUT2D eigenvalue weighted by Gasteiger charge is -2.34. The SMILES string of the molecule is C=C(C)N1CCOC(CCC)C1.C=C(OC)N1CCOC(CCC)C1.CCC1CCN(C(=O)OC(C)C)CC1.CCC1CCN(C(=O)Oc2ccccc2)CC1.CCCC1CCCCCO1.CCCC1CN(C)CCO1.CCCC1COC(C)(C)CO1.CCCC1COCCO1.CCCC1COCCOC1.CCCC1COc2ccccc2O1. The van der Waals surface area contributed by atoms with E-state index in [0.717, 1.165) is 245 Å². The van der Waals surface area contributed by atoms with Crippen molar-refractivity contribution in [2.45, 2.75) is 325 Å². The van der Waals surface area contributed by atoms with E-state index in [9.17, 15) is 9.59 Å². The Bertz CT molecular complexity index is 2710. The zero-order valence-electron chi connectivity index (χ0n) is 78.5. The van der Waals surface area contributed by atoms with E-state index in [1.165, 1.54) is 108 Å². The Morgan fingerprint density at radius 2 is 0.908 bits per heavy atom. The van der Waals surface area contributed by atoms with Gasteiger partial charge >= 0.3 is 12.2 Å².